The van der Waals surface area contributed by atoms with Crippen molar-refractivity contribution in [3.63, 3.8) is 0 Å². The Morgan fingerprint density at radius 1 is 0.588 bits per heavy atom. The first-order valence-corrected chi connectivity index (χ1v) is 28.6. The molecule has 0 saturated heterocycles. The van der Waals surface area contributed by atoms with Crippen LogP contribution in [0, 0.1) is 11.7 Å². The number of benzene rings is 10. The third-order valence-corrected chi connectivity index (χ3v) is 18.4. The molecule has 3 aromatic heterocycles. The van der Waals surface area contributed by atoms with Gasteiger partial charge in [0, 0.05) is 47.7 Å². The molecule has 0 atom stereocenters. The summed E-state index contributed by atoms with van der Waals surface area (Å²) in [7, 11) is -6.71. The first-order chi connectivity index (χ1) is 57.7. The lowest BCUT2D eigenvalue weighted by molar-refractivity contribution is -0.571. The van der Waals surface area contributed by atoms with Crippen molar-refractivity contribution in [3.8, 4) is 50.9 Å². The quantitative estimate of drug-likeness (QED) is 0.0529. The van der Waals surface area contributed by atoms with Crippen LogP contribution >= 0.6 is 0 Å². The third-order valence-electron chi connectivity index (χ3n) is 14.4. The van der Waals surface area contributed by atoms with E-state index in [1.54, 1.807) is 57.2 Å². The number of imidazole rings is 1. The van der Waals surface area contributed by atoms with Gasteiger partial charge in [0.2, 0.25) is 0 Å². The maximum Gasteiger partial charge on any atom is 0.269 e. The van der Waals surface area contributed by atoms with Gasteiger partial charge in [-0.25, -0.2) is 4.98 Å². The minimum Gasteiger partial charge on any atom is -0.458 e. The summed E-state index contributed by atoms with van der Waals surface area (Å²) in [6.07, 6.45) is -6.80. The lowest BCUT2D eigenvalue weighted by Gasteiger charge is -2.42. The van der Waals surface area contributed by atoms with Crippen LogP contribution in [-0.2, 0) is 17.2 Å². The zero-order valence-electron chi connectivity index (χ0n) is 85.3. The summed E-state index contributed by atoms with van der Waals surface area (Å²) in [5.41, 5.74) is -17.0. The van der Waals surface area contributed by atoms with Crippen LogP contribution in [0.15, 0.2) is 260 Å². The number of rotatable bonds is 12. The van der Waals surface area contributed by atoms with E-state index in [1.807, 2.05) is 34.9 Å². The number of hydrogen-bond acceptors (Lipinski definition) is 2. The van der Waals surface area contributed by atoms with Gasteiger partial charge in [0.05, 0.1) is 63.6 Å². The fourth-order valence-corrected chi connectivity index (χ4v) is 14.4. The molecule has 0 aliphatic heterocycles. The zero-order chi connectivity index (χ0) is 92.6. The molecule has 1 aliphatic rings. The van der Waals surface area contributed by atoms with Crippen LogP contribution in [0.4, 0.5) is 0 Å². The van der Waals surface area contributed by atoms with Crippen LogP contribution in [0.5, 0.6) is 11.5 Å². The van der Waals surface area contributed by atoms with Crippen molar-refractivity contribution in [2.45, 2.75) is 78.1 Å². The van der Waals surface area contributed by atoms with E-state index in [1.165, 1.54) is 47.2 Å². The molecule has 5 nitrogen and oxygen atoms in total. The average molecular weight is 1160 g/mol. The fraction of sp³-hybridized carbons (Fsp3) is 0.165. The Balaban J connectivity index is 1.15. The van der Waals surface area contributed by atoms with Gasteiger partial charge < -0.3 is 4.74 Å². The molecule has 0 fully saturated rings. The molecular formula is C79H70N4OSi. The number of nitrogens with zero attached hydrogens (tertiary/aromatic N) is 4. The summed E-state index contributed by atoms with van der Waals surface area (Å²) in [6.45, 7) is -12.9. The van der Waals surface area contributed by atoms with Crippen molar-refractivity contribution in [1.29, 1.82) is 0 Å². The molecule has 0 saturated carbocycles. The normalized spacial score (nSPS) is 22.7. The fourth-order valence-electron chi connectivity index (χ4n) is 10.9. The summed E-state index contributed by atoms with van der Waals surface area (Å²) in [6, 6.07) is 0.785. The number of fused-ring (bicyclic) bond motifs is 5. The van der Waals surface area contributed by atoms with Crippen molar-refractivity contribution >= 4 is 61.7 Å². The summed E-state index contributed by atoms with van der Waals surface area (Å²) in [4.78, 5) is 4.71. The molecule has 14 rings (SSSR count). The van der Waals surface area contributed by atoms with Crippen molar-refractivity contribution in [2.24, 2.45) is 5.41 Å². The third kappa shape index (κ3) is 9.59. The average Bonchev–Trinajstić information content (AvgIpc) is 1.08. The predicted molar refractivity (Wildman–Crippen MR) is 355 cm³/mol. The Morgan fingerprint density at radius 2 is 1.20 bits per heavy atom. The Kier molecular flexibility index (Phi) is 6.31. The van der Waals surface area contributed by atoms with Gasteiger partial charge in [0.25, 0.3) is 6.33 Å². The highest BCUT2D eigenvalue weighted by atomic mass is 28.3. The highest BCUT2D eigenvalue weighted by molar-refractivity contribution is 7.19. The Hall–Kier alpha value is -9.36. The van der Waals surface area contributed by atoms with E-state index in [0.717, 1.165) is 33.5 Å². The second-order valence-corrected chi connectivity index (χ2v) is 24.6. The van der Waals surface area contributed by atoms with Gasteiger partial charge in [0.15, 0.2) is 8.07 Å². The summed E-state index contributed by atoms with van der Waals surface area (Å²) < 4.78 is 390. The molecule has 0 N–H and O–H groups in total. The maximum absolute atomic E-state index is 11.0. The second-order valence-electron chi connectivity index (χ2n) is 21.1. The monoisotopic (exact) mass is 1160 g/mol. The van der Waals surface area contributed by atoms with Crippen molar-refractivity contribution in [1.82, 2.24) is 14.1 Å². The molecule has 0 unspecified atom stereocenters. The van der Waals surface area contributed by atoms with E-state index in [-0.39, 0.29) is 28.2 Å². The summed E-state index contributed by atoms with van der Waals surface area (Å²) >= 11 is 0. The van der Waals surface area contributed by atoms with E-state index in [9.17, 15) is 39.8 Å². The van der Waals surface area contributed by atoms with Gasteiger partial charge in [-0.15, -0.1) is 0 Å². The van der Waals surface area contributed by atoms with Gasteiger partial charge in [-0.1, -0.05) is 248 Å². The standard InChI is InChI=1S/C79H70N4OSi/c1-77(2,3)53-55-44-47-80-75(48-55)83-71-37-18-17-34-67(71)68-42-41-60(52-74(68)83)84-59-26-22-25-58(51-59)81-54-82(73-39-20-19-38-72(73)81)76-65(35-23-36-66(76)57-40-43-69-70(50-57)79(6,7)46-45-78(69,4)5)56-24-21-33-64(49-56)85(61-27-11-8-12-28-61,62-29-13-9-14-30-62)63-31-15-10-16-32-63/h8-44,47-52H,45-46,53H2,1-7H3/i4D3,5D3,6D3,7D3,8D,9D,10D,11D,12D,13D,14D,15D,16D,21D,24D,27D,28D,29D,30D,31D,32D,33D,40D,43D,45D2,46D2,49D,50D,53D2. The van der Waals surface area contributed by atoms with E-state index < -0.39 is 264 Å². The molecule has 0 amide bonds. The summed E-state index contributed by atoms with van der Waals surface area (Å²) in [5, 5.41) is -3.51. The van der Waals surface area contributed by atoms with Crippen LogP contribution in [0.25, 0.3) is 72.3 Å². The van der Waals surface area contributed by atoms with Crippen LogP contribution < -0.4 is 30.1 Å². The van der Waals surface area contributed by atoms with Gasteiger partial charge >= 0.3 is 0 Å². The number of aromatic nitrogens is 4. The van der Waals surface area contributed by atoms with Gasteiger partial charge in [-0.05, 0) is 144 Å². The van der Waals surface area contributed by atoms with Crippen LogP contribution in [0.1, 0.15) is 132 Å². The van der Waals surface area contributed by atoms with Gasteiger partial charge in [-0.2, -0.15) is 0 Å². The van der Waals surface area contributed by atoms with E-state index in [2.05, 4.69) is 6.33 Å². The second kappa shape index (κ2) is 21.1. The van der Waals surface area contributed by atoms with Crippen molar-refractivity contribution in [3.05, 3.63) is 283 Å². The van der Waals surface area contributed by atoms with E-state index in [4.69, 9.17) is 24.8 Å². The molecule has 3 heterocycles. The van der Waals surface area contributed by atoms with Crippen molar-refractivity contribution < 1.29 is 64.1 Å². The summed E-state index contributed by atoms with van der Waals surface area (Å²) in [5.74, 6) is 0.699. The molecule has 0 radical (unpaired) electrons. The highest BCUT2D eigenvalue weighted by Gasteiger charge is 2.42. The lowest BCUT2D eigenvalue weighted by Crippen LogP contribution is -2.74. The van der Waals surface area contributed by atoms with Crippen LogP contribution in [0.2, 0.25) is 0 Å². The molecule has 0 spiro atoms. The van der Waals surface area contributed by atoms with Crippen LogP contribution in [-0.4, -0.2) is 22.2 Å². The van der Waals surface area contributed by atoms with E-state index >= 15 is 0 Å². The molecule has 13 aromatic rings. The molecule has 6 heteroatoms. The highest BCUT2D eigenvalue weighted by Crippen LogP contribution is 2.48. The van der Waals surface area contributed by atoms with Crippen LogP contribution in [0.3, 0.4) is 0 Å². The number of hydrogen-bond donors (Lipinski definition) is 0. The molecule has 0 bridgehead atoms. The minimum atomic E-state index is -6.71. The van der Waals surface area contributed by atoms with E-state index in [0.29, 0.717) is 22.4 Å². The SMILES string of the molecule is [2H]c1c([2H])c([2H])c([Si](c2c([2H])c([2H])c([2H])c([2H])c2[2H])(c2c([2H])c([2H])c([2H])c([2H])c2[2H])c2c([2H])c([2H])c([2H])c(-c3cccc(-c4c([2H])c([2H])c5c(c4[2H])C(C([2H])([2H])[2H])(C([2H])([2H])[2H])C([2H])([2H])C([2H])([2H])C5(C([2H])([2H])[2H])C([2H])([2H])[2H])c3-[n+]3[c-]n(-c4cccc(Oc5ccc6c7ccccc7n(-c7cc(C([2H])([2H])C(C)(C)C)ccn7)c6c5)c4)c4ccccc43)c2[2H])c([2H])c1[2H]. The smallest absolute Gasteiger partial charge is 0.269 e. The number of ether oxygens (including phenoxy) is 1. The van der Waals surface area contributed by atoms with Gasteiger partial charge in [-0.3, -0.25) is 13.7 Å². The molecule has 416 valence electrons. The Bertz CT molecular complexity index is 6510. The zero-order valence-corrected chi connectivity index (χ0v) is 46.3. The molecule has 1 aliphatic carbocycles. The molecular weight excluding hydrogens is 1050 g/mol. The lowest BCUT2D eigenvalue weighted by atomic mass is 9.63. The minimum absolute atomic E-state index is 0.0701. The number of pyridine rings is 1. The largest absolute Gasteiger partial charge is 0.458 e. The predicted octanol–water partition coefficient (Wildman–Crippen LogP) is 16.6. The van der Waals surface area contributed by atoms with Gasteiger partial charge in [0.1, 0.15) is 17.3 Å². The molecule has 10 aromatic carbocycles. The Morgan fingerprint density at radius 3 is 1.89 bits per heavy atom. The molecule has 85 heavy (non-hydrogen) atoms. The Labute approximate surface area is 557 Å². The topological polar surface area (TPSA) is 35.9 Å². The first-order valence-electron chi connectivity index (χ1n) is 46.6. The maximum atomic E-state index is 11.0. The number of para-hydroxylation sites is 4. The van der Waals surface area contributed by atoms with Crippen molar-refractivity contribution in [2.75, 3.05) is 0 Å². The first kappa shape index (κ1) is 25.5.